The van der Waals surface area contributed by atoms with E-state index in [1.165, 1.54) is 99.8 Å². The number of fused-ring (bicyclic) bond motifs is 20. The average Bonchev–Trinajstić information content (AvgIpc) is 1.47. The van der Waals surface area contributed by atoms with Crippen molar-refractivity contribution in [2.75, 3.05) is 9.80 Å². The summed E-state index contributed by atoms with van der Waals surface area (Å²) in [6.07, 6.45) is 0. The quantitative estimate of drug-likeness (QED) is 0.166. The number of nitrogens with zero attached hydrogens (tertiary/aromatic N) is 3. The Labute approximate surface area is 531 Å². The minimum Gasteiger partial charge on any atom is -0.455 e. The van der Waals surface area contributed by atoms with Crippen molar-refractivity contribution in [2.24, 2.45) is 0 Å². The van der Waals surface area contributed by atoms with Gasteiger partial charge in [-0.1, -0.05) is 243 Å². The molecule has 0 bridgehead atoms. The van der Waals surface area contributed by atoms with Crippen molar-refractivity contribution >= 4 is 77.9 Å². The Bertz CT molecular complexity index is 4980. The Balaban J connectivity index is 1.12. The van der Waals surface area contributed by atoms with Gasteiger partial charge >= 0.3 is 0 Å². The zero-order chi connectivity index (χ0) is 62.3. The van der Waals surface area contributed by atoms with Crippen LogP contribution >= 0.6 is 0 Å². The van der Waals surface area contributed by atoms with Crippen LogP contribution in [-0.4, -0.2) is 4.57 Å². The Morgan fingerprint density at radius 3 is 1.36 bits per heavy atom. The second kappa shape index (κ2) is 19.1. The Morgan fingerprint density at radius 2 is 0.800 bits per heavy atom. The molecule has 3 aliphatic rings. The first-order valence-corrected chi connectivity index (χ1v) is 32.4. The van der Waals surface area contributed by atoms with Crippen molar-refractivity contribution in [2.45, 2.75) is 129 Å². The lowest BCUT2D eigenvalue weighted by Crippen LogP contribution is -2.34. The van der Waals surface area contributed by atoms with E-state index in [4.69, 9.17) is 4.42 Å². The summed E-state index contributed by atoms with van der Waals surface area (Å²) in [6, 6.07) is 86.4. The number of benzene rings is 11. The molecule has 0 amide bonds. The van der Waals surface area contributed by atoms with Gasteiger partial charge in [0.15, 0.2) is 0 Å². The molecule has 2 aliphatic carbocycles. The summed E-state index contributed by atoms with van der Waals surface area (Å²) >= 11 is 0. The molecule has 90 heavy (non-hydrogen) atoms. The maximum Gasteiger partial charge on any atom is 0.145 e. The SMILES string of the molecule is CC(C)(C)c1ccc(N(c2ccc(C(C)(C)C)cc2)c2cc3c(c4c2-c2ccccc2C4(C)C)-c2c(cc(N(c4ccc(C(C)(C)C)cc4)c4ccc(C(C)(C)C)cc4)c4c2oc2ccccc24)C32c3ccccc3-n3c4ccccc4c4cccc2c43)cc1. The van der Waals surface area contributed by atoms with Crippen molar-refractivity contribution in [1.82, 2.24) is 4.57 Å². The first-order chi connectivity index (χ1) is 43.0. The maximum atomic E-state index is 7.81. The van der Waals surface area contributed by atoms with Crippen LogP contribution < -0.4 is 9.80 Å². The number of hydrogen-bond donors (Lipinski definition) is 0. The molecule has 11 aromatic carbocycles. The van der Waals surface area contributed by atoms with E-state index in [9.17, 15) is 0 Å². The van der Waals surface area contributed by atoms with Crippen LogP contribution in [0.2, 0.25) is 0 Å². The Morgan fingerprint density at radius 1 is 0.367 bits per heavy atom. The Kier molecular flexibility index (Phi) is 11.8. The molecule has 13 aromatic rings. The number of aromatic nitrogens is 1. The van der Waals surface area contributed by atoms with Crippen LogP contribution in [0.5, 0.6) is 0 Å². The smallest absolute Gasteiger partial charge is 0.145 e. The molecule has 0 N–H and O–H groups in total. The minimum absolute atomic E-state index is 0.0340. The van der Waals surface area contributed by atoms with Crippen molar-refractivity contribution in [3.8, 4) is 27.9 Å². The molecule has 2 aromatic heterocycles. The number of furan rings is 1. The highest BCUT2D eigenvalue weighted by Gasteiger charge is 2.56. The molecular formula is C86H79N3O. The third kappa shape index (κ3) is 7.92. The lowest BCUT2D eigenvalue weighted by molar-refractivity contribution is 0.590. The van der Waals surface area contributed by atoms with Crippen molar-refractivity contribution in [3.05, 3.63) is 280 Å². The van der Waals surface area contributed by atoms with Crippen molar-refractivity contribution in [3.63, 3.8) is 0 Å². The summed E-state index contributed by atoms with van der Waals surface area (Å²) in [5.41, 5.74) is 28.1. The van der Waals surface area contributed by atoms with E-state index in [1.54, 1.807) is 0 Å². The van der Waals surface area contributed by atoms with Gasteiger partial charge < -0.3 is 18.8 Å². The van der Waals surface area contributed by atoms with Gasteiger partial charge in [0.05, 0.1) is 38.9 Å². The van der Waals surface area contributed by atoms with Crippen LogP contribution in [0.3, 0.4) is 0 Å². The highest BCUT2D eigenvalue weighted by molar-refractivity contribution is 6.22. The summed E-state index contributed by atoms with van der Waals surface area (Å²) in [4.78, 5) is 5.12. The van der Waals surface area contributed by atoms with Crippen LogP contribution in [0.1, 0.15) is 153 Å². The van der Waals surface area contributed by atoms with E-state index in [0.717, 1.165) is 61.6 Å². The third-order valence-corrected chi connectivity index (χ3v) is 20.6. The fraction of sp³-hybridized carbons (Fsp3) is 0.233. The van der Waals surface area contributed by atoms with Crippen LogP contribution in [0.15, 0.2) is 229 Å². The highest BCUT2D eigenvalue weighted by Crippen LogP contribution is 2.69. The molecule has 1 unspecified atom stereocenters. The normalized spacial score (nSPS) is 15.6. The van der Waals surface area contributed by atoms with E-state index < -0.39 is 10.8 Å². The molecule has 1 atom stereocenters. The highest BCUT2D eigenvalue weighted by atomic mass is 16.3. The zero-order valence-corrected chi connectivity index (χ0v) is 54.6. The number of anilines is 6. The third-order valence-electron chi connectivity index (χ3n) is 20.6. The van der Waals surface area contributed by atoms with Gasteiger partial charge in [-0.05, 0) is 167 Å². The average molecular weight is 1170 g/mol. The lowest BCUT2D eigenvalue weighted by atomic mass is 9.64. The first-order valence-electron chi connectivity index (χ1n) is 32.4. The summed E-state index contributed by atoms with van der Waals surface area (Å²) in [5.74, 6) is 0. The van der Waals surface area contributed by atoms with Gasteiger partial charge in [-0.15, -0.1) is 0 Å². The summed E-state index contributed by atoms with van der Waals surface area (Å²) in [5, 5.41) is 4.66. The van der Waals surface area contributed by atoms with E-state index in [-0.39, 0.29) is 21.7 Å². The number of hydrogen-bond acceptors (Lipinski definition) is 3. The van der Waals surface area contributed by atoms with Crippen LogP contribution in [0, 0.1) is 0 Å². The van der Waals surface area contributed by atoms with Crippen LogP contribution in [-0.2, 0) is 32.5 Å². The van der Waals surface area contributed by atoms with Gasteiger partial charge in [-0.3, -0.25) is 0 Å². The maximum absolute atomic E-state index is 7.81. The molecule has 3 heterocycles. The van der Waals surface area contributed by atoms with Gasteiger partial charge in [0.1, 0.15) is 11.2 Å². The monoisotopic (exact) mass is 1170 g/mol. The molecule has 4 nitrogen and oxygen atoms in total. The molecule has 0 radical (unpaired) electrons. The van der Waals surface area contributed by atoms with E-state index >= 15 is 0 Å². The topological polar surface area (TPSA) is 24.6 Å². The summed E-state index contributed by atoms with van der Waals surface area (Å²) in [6.45, 7) is 32.7. The fourth-order valence-electron chi connectivity index (χ4n) is 16.0. The first kappa shape index (κ1) is 55.9. The summed E-state index contributed by atoms with van der Waals surface area (Å²) < 4.78 is 10.4. The molecule has 1 spiro atoms. The van der Waals surface area contributed by atoms with Crippen molar-refractivity contribution in [1.29, 1.82) is 0 Å². The zero-order valence-electron chi connectivity index (χ0n) is 54.6. The van der Waals surface area contributed by atoms with E-state index in [2.05, 4.69) is 336 Å². The molecule has 0 saturated heterocycles. The standard InChI is InChI=1S/C86H79N3O/c1-81(2,3)52-34-42-56(43-35-52)87(57-44-36-53(37-45-57)82(4,5)6)71-50-67-76(78-74(71)62-25-15-18-28-64(62)85(78,13)14)77-68(86(67)65-29-19-21-32-70(65)89-69-31-20-16-24-60(69)61-27-23-30-66(86)79(61)89)51-72(75-63-26-17-22-33-73(63)90-80(75)77)88(58-46-38-54(39-47-58)83(7,8)9)59-48-40-55(41-49-59)84(10,11)12/h15-51H,1-14H3. The molecule has 0 fully saturated rings. The number of para-hydroxylation sites is 4. The molecule has 1 aliphatic heterocycles. The van der Waals surface area contributed by atoms with Gasteiger partial charge in [0.2, 0.25) is 0 Å². The second-order valence-electron chi connectivity index (χ2n) is 30.5. The molecule has 16 rings (SSSR count). The lowest BCUT2D eigenvalue weighted by Gasteiger charge is -2.41. The van der Waals surface area contributed by atoms with Gasteiger partial charge in [-0.2, -0.15) is 0 Å². The van der Waals surface area contributed by atoms with Crippen LogP contribution in [0.4, 0.5) is 34.1 Å². The van der Waals surface area contributed by atoms with Crippen LogP contribution in [0.25, 0.3) is 71.7 Å². The van der Waals surface area contributed by atoms with Gasteiger partial charge in [0.25, 0.3) is 0 Å². The molecule has 4 heteroatoms. The molecular weight excluding hydrogens is 1090 g/mol. The Hall–Kier alpha value is -9.38. The fourth-order valence-corrected chi connectivity index (χ4v) is 16.0. The molecule has 0 saturated carbocycles. The second-order valence-corrected chi connectivity index (χ2v) is 30.5. The number of rotatable bonds is 6. The van der Waals surface area contributed by atoms with Crippen molar-refractivity contribution < 1.29 is 4.42 Å². The molecule has 444 valence electrons. The largest absolute Gasteiger partial charge is 0.455 e. The van der Waals surface area contributed by atoms with Gasteiger partial charge in [-0.25, -0.2) is 0 Å². The van der Waals surface area contributed by atoms with E-state index in [1.807, 2.05) is 0 Å². The summed E-state index contributed by atoms with van der Waals surface area (Å²) in [7, 11) is 0. The minimum atomic E-state index is -0.905. The predicted molar refractivity (Wildman–Crippen MR) is 381 cm³/mol. The predicted octanol–water partition coefficient (Wildman–Crippen LogP) is 23.8. The van der Waals surface area contributed by atoms with E-state index in [0.29, 0.717) is 0 Å². The van der Waals surface area contributed by atoms with Gasteiger partial charge in [0, 0.05) is 55.5 Å².